The molecule has 0 saturated carbocycles. The lowest BCUT2D eigenvalue weighted by molar-refractivity contribution is -0.00938. The van der Waals surface area contributed by atoms with E-state index in [9.17, 15) is 9.18 Å². The molecule has 5 rings (SSSR count). The zero-order chi connectivity index (χ0) is 20.9. The Morgan fingerprint density at radius 3 is 2.73 bits per heavy atom. The fourth-order valence-electron chi connectivity index (χ4n) is 4.41. The summed E-state index contributed by atoms with van der Waals surface area (Å²) in [5.41, 5.74) is 1.97. The highest BCUT2D eigenvalue weighted by Gasteiger charge is 2.44. The molecule has 5 nitrogen and oxygen atoms in total. The molecule has 0 aliphatic carbocycles. The van der Waals surface area contributed by atoms with E-state index in [0.717, 1.165) is 20.7 Å². The van der Waals surface area contributed by atoms with Crippen molar-refractivity contribution in [1.82, 2.24) is 9.47 Å². The molecule has 1 aromatic heterocycles. The molecule has 3 aromatic rings. The number of carbonyl (C=O) groups is 1. The second-order valence-electron chi connectivity index (χ2n) is 7.64. The smallest absolute Gasteiger partial charge is 0.254 e. The van der Waals surface area contributed by atoms with E-state index in [1.54, 1.807) is 11.0 Å². The third-order valence-electron chi connectivity index (χ3n) is 5.91. The normalized spacial score (nSPS) is 16.6. The van der Waals surface area contributed by atoms with E-state index in [1.165, 1.54) is 19.2 Å². The molecule has 7 heteroatoms. The molecular formula is C23H20FIN2O3. The van der Waals surface area contributed by atoms with Crippen molar-refractivity contribution in [3.05, 3.63) is 75.4 Å². The summed E-state index contributed by atoms with van der Waals surface area (Å²) in [6, 6.07) is 14.4. The highest BCUT2D eigenvalue weighted by molar-refractivity contribution is 14.1. The summed E-state index contributed by atoms with van der Waals surface area (Å²) in [7, 11) is 1.46. The highest BCUT2D eigenvalue weighted by Crippen LogP contribution is 2.45. The summed E-state index contributed by atoms with van der Waals surface area (Å²) in [6.45, 7) is 1.06. The second kappa shape index (κ2) is 7.30. The molecule has 3 heterocycles. The van der Waals surface area contributed by atoms with Crippen molar-refractivity contribution in [2.75, 3.05) is 20.2 Å². The summed E-state index contributed by atoms with van der Waals surface area (Å²) in [4.78, 5) is 14.8. The summed E-state index contributed by atoms with van der Waals surface area (Å²) in [5.74, 6) is 0.529. The first kappa shape index (κ1) is 19.4. The van der Waals surface area contributed by atoms with Crippen LogP contribution in [-0.4, -0.2) is 35.6 Å². The minimum absolute atomic E-state index is 0.191. The number of ether oxygens (including phenoxy) is 2. The number of fused-ring (bicyclic) bond motifs is 4. The average Bonchev–Trinajstić information content (AvgIpc) is 3.24. The molecule has 0 bridgehead atoms. The lowest BCUT2D eigenvalue weighted by Crippen LogP contribution is -2.50. The van der Waals surface area contributed by atoms with Crippen LogP contribution in [-0.2, 0) is 5.60 Å². The Morgan fingerprint density at radius 2 is 1.97 bits per heavy atom. The average molecular weight is 518 g/mol. The molecule has 0 radical (unpaired) electrons. The molecule has 1 amide bonds. The van der Waals surface area contributed by atoms with Gasteiger partial charge in [0.2, 0.25) is 0 Å². The van der Waals surface area contributed by atoms with Crippen LogP contribution in [0.5, 0.6) is 11.5 Å². The van der Waals surface area contributed by atoms with Gasteiger partial charge in [-0.05, 0) is 65.1 Å². The molecule has 30 heavy (non-hydrogen) atoms. The highest BCUT2D eigenvalue weighted by atomic mass is 127. The van der Waals surface area contributed by atoms with E-state index in [1.807, 2.05) is 6.07 Å². The standard InChI is InChI=1S/C23H20FIN2O3/c1-29-18-12-15(11-16(24)13-18)22(28)26-9-6-23(7-10-26)21-3-2-8-27(21)19-5-4-17(25)14-20(19)30-23/h2-5,8,11-14H,6-7,9-10H2,1H3. The Hall–Kier alpha value is -2.55. The molecule has 0 unspecified atom stereocenters. The van der Waals surface area contributed by atoms with Crippen molar-refractivity contribution in [2.45, 2.75) is 18.4 Å². The van der Waals surface area contributed by atoms with Crippen molar-refractivity contribution in [3.63, 3.8) is 0 Å². The number of methoxy groups -OCH3 is 1. The van der Waals surface area contributed by atoms with Gasteiger partial charge in [0.25, 0.3) is 5.91 Å². The lowest BCUT2D eigenvalue weighted by atomic mass is 9.86. The molecular weight excluding hydrogens is 498 g/mol. The second-order valence-corrected chi connectivity index (χ2v) is 8.89. The topological polar surface area (TPSA) is 43.7 Å². The van der Waals surface area contributed by atoms with Crippen LogP contribution in [0, 0.1) is 9.39 Å². The van der Waals surface area contributed by atoms with E-state index >= 15 is 0 Å². The van der Waals surface area contributed by atoms with Crippen molar-refractivity contribution in [1.29, 1.82) is 0 Å². The van der Waals surface area contributed by atoms with E-state index in [0.29, 0.717) is 37.2 Å². The van der Waals surface area contributed by atoms with Crippen molar-refractivity contribution in [3.8, 4) is 17.2 Å². The fraction of sp³-hybridized carbons (Fsp3) is 0.261. The van der Waals surface area contributed by atoms with Crippen LogP contribution >= 0.6 is 22.6 Å². The van der Waals surface area contributed by atoms with E-state index < -0.39 is 11.4 Å². The zero-order valence-corrected chi connectivity index (χ0v) is 18.6. The quantitative estimate of drug-likeness (QED) is 0.460. The van der Waals surface area contributed by atoms with Crippen molar-refractivity contribution in [2.24, 2.45) is 0 Å². The van der Waals surface area contributed by atoms with Gasteiger partial charge in [0.05, 0.1) is 18.5 Å². The summed E-state index contributed by atoms with van der Waals surface area (Å²) in [5, 5.41) is 0. The Balaban J connectivity index is 1.41. The van der Waals surface area contributed by atoms with Gasteiger partial charge in [0.1, 0.15) is 17.3 Å². The molecule has 2 aliphatic rings. The SMILES string of the molecule is COc1cc(F)cc(C(=O)N2CCC3(CC2)Oc2cc(I)ccc2-n2cccc23)c1. The number of aromatic nitrogens is 1. The largest absolute Gasteiger partial charge is 0.497 e. The van der Waals surface area contributed by atoms with Gasteiger partial charge in [0.15, 0.2) is 5.60 Å². The Kier molecular flexibility index (Phi) is 4.72. The molecule has 154 valence electrons. The molecule has 1 spiro atoms. The van der Waals surface area contributed by atoms with E-state index in [4.69, 9.17) is 9.47 Å². The van der Waals surface area contributed by atoms with E-state index in [2.05, 4.69) is 57.6 Å². The van der Waals surface area contributed by atoms with Gasteiger partial charge in [-0.25, -0.2) is 4.39 Å². The van der Waals surface area contributed by atoms with Crippen LogP contribution in [0.15, 0.2) is 54.7 Å². The van der Waals surface area contributed by atoms with Crippen LogP contribution < -0.4 is 9.47 Å². The lowest BCUT2D eigenvalue weighted by Gasteiger charge is -2.45. The van der Waals surface area contributed by atoms with Gasteiger partial charge in [-0.1, -0.05) is 0 Å². The third kappa shape index (κ3) is 3.15. The number of rotatable bonds is 2. The summed E-state index contributed by atoms with van der Waals surface area (Å²) < 4.78 is 28.8. The van der Waals surface area contributed by atoms with Gasteiger partial charge in [-0.2, -0.15) is 0 Å². The molecule has 2 aliphatic heterocycles. The van der Waals surface area contributed by atoms with Crippen LogP contribution in [0.3, 0.4) is 0 Å². The Bertz CT molecular complexity index is 1140. The third-order valence-corrected chi connectivity index (χ3v) is 6.59. The minimum Gasteiger partial charge on any atom is -0.497 e. The zero-order valence-electron chi connectivity index (χ0n) is 16.4. The predicted molar refractivity (Wildman–Crippen MR) is 119 cm³/mol. The van der Waals surface area contributed by atoms with Gasteiger partial charge >= 0.3 is 0 Å². The Labute approximate surface area is 187 Å². The number of hydrogen-bond acceptors (Lipinski definition) is 3. The summed E-state index contributed by atoms with van der Waals surface area (Å²) in [6.07, 6.45) is 3.39. The molecule has 2 aromatic carbocycles. The van der Waals surface area contributed by atoms with Gasteiger partial charge in [-0.3, -0.25) is 4.79 Å². The maximum atomic E-state index is 13.9. The van der Waals surface area contributed by atoms with Crippen LogP contribution in [0.25, 0.3) is 5.69 Å². The van der Waals surface area contributed by atoms with Gasteiger partial charge in [-0.15, -0.1) is 0 Å². The van der Waals surface area contributed by atoms with Gasteiger partial charge < -0.3 is 18.9 Å². The minimum atomic E-state index is -0.481. The number of carbonyl (C=O) groups excluding carboxylic acids is 1. The maximum absolute atomic E-state index is 13.9. The molecule has 1 saturated heterocycles. The predicted octanol–water partition coefficient (Wildman–Crippen LogP) is 4.75. The van der Waals surface area contributed by atoms with Crippen molar-refractivity contribution >= 4 is 28.5 Å². The van der Waals surface area contributed by atoms with Crippen molar-refractivity contribution < 1.29 is 18.7 Å². The number of piperidine rings is 1. The number of benzene rings is 2. The first-order valence-electron chi connectivity index (χ1n) is 9.80. The molecule has 1 fully saturated rings. The van der Waals surface area contributed by atoms with Crippen LogP contribution in [0.2, 0.25) is 0 Å². The van der Waals surface area contributed by atoms with E-state index in [-0.39, 0.29) is 5.91 Å². The first-order chi connectivity index (χ1) is 14.5. The molecule has 0 N–H and O–H groups in total. The Morgan fingerprint density at radius 1 is 1.17 bits per heavy atom. The fourth-order valence-corrected chi connectivity index (χ4v) is 4.87. The number of nitrogens with zero attached hydrogens (tertiary/aromatic N) is 2. The number of likely N-dealkylation sites (tertiary alicyclic amines) is 1. The van der Waals surface area contributed by atoms with Crippen LogP contribution in [0.4, 0.5) is 4.39 Å². The van der Waals surface area contributed by atoms with Crippen LogP contribution in [0.1, 0.15) is 28.9 Å². The number of halogens is 2. The summed E-state index contributed by atoms with van der Waals surface area (Å²) >= 11 is 2.29. The monoisotopic (exact) mass is 518 g/mol. The number of amides is 1. The first-order valence-corrected chi connectivity index (χ1v) is 10.9. The van der Waals surface area contributed by atoms with Gasteiger partial charge in [0, 0.05) is 47.3 Å². The maximum Gasteiger partial charge on any atom is 0.254 e. The molecule has 0 atom stereocenters. The number of hydrogen-bond donors (Lipinski definition) is 0.